The third-order valence-electron chi connectivity index (χ3n) is 5.67. The summed E-state index contributed by atoms with van der Waals surface area (Å²) in [6, 6.07) is 19.4. The summed E-state index contributed by atoms with van der Waals surface area (Å²) in [4.78, 5) is 0. The van der Waals surface area contributed by atoms with Crippen molar-refractivity contribution in [2.75, 3.05) is 33.4 Å². The molecule has 1 unspecified atom stereocenters. The van der Waals surface area contributed by atoms with Crippen LogP contribution >= 0.6 is 11.6 Å². The first kappa shape index (κ1) is 23.5. The Labute approximate surface area is 205 Å². The van der Waals surface area contributed by atoms with Crippen molar-refractivity contribution in [1.82, 2.24) is 0 Å². The molecule has 1 aliphatic rings. The molecule has 0 saturated heterocycles. The van der Waals surface area contributed by atoms with Crippen molar-refractivity contribution in [1.29, 1.82) is 0 Å². The van der Waals surface area contributed by atoms with Crippen LogP contribution < -0.4 is 24.0 Å². The van der Waals surface area contributed by atoms with E-state index in [1.165, 1.54) is 0 Å². The highest BCUT2D eigenvalue weighted by molar-refractivity contribution is 6.30. The molecule has 176 valence electrons. The highest BCUT2D eigenvalue weighted by Gasteiger charge is 2.29. The van der Waals surface area contributed by atoms with Gasteiger partial charge in [0, 0.05) is 11.4 Å². The smallest absolute Gasteiger partial charge is 0.161 e. The summed E-state index contributed by atoms with van der Waals surface area (Å²) in [5.41, 5.74) is 3.91. The van der Waals surface area contributed by atoms with Crippen LogP contribution in [0.5, 0.6) is 23.0 Å². The van der Waals surface area contributed by atoms with E-state index in [4.69, 9.17) is 35.6 Å². The Morgan fingerprint density at radius 3 is 2.15 bits per heavy atom. The van der Waals surface area contributed by atoms with Gasteiger partial charge in [-0.05, 0) is 59.7 Å². The molecule has 3 aromatic rings. The molecule has 0 fully saturated rings. The second-order valence-corrected chi connectivity index (χ2v) is 8.13. The molecule has 1 atom stereocenters. The van der Waals surface area contributed by atoms with Crippen LogP contribution in [0.4, 0.5) is 5.69 Å². The van der Waals surface area contributed by atoms with Gasteiger partial charge in [-0.25, -0.2) is 0 Å². The number of hydrogen-bond donors (Lipinski definition) is 0. The van der Waals surface area contributed by atoms with Gasteiger partial charge in [-0.3, -0.25) is 5.01 Å². The van der Waals surface area contributed by atoms with Crippen LogP contribution in [-0.2, 0) is 0 Å². The number of nitrogens with zero attached hydrogens (tertiary/aromatic N) is 2. The molecular weight excluding hydrogens is 452 g/mol. The average molecular weight is 479 g/mol. The van der Waals surface area contributed by atoms with E-state index in [2.05, 4.69) is 0 Å². The van der Waals surface area contributed by atoms with Crippen LogP contribution in [0.2, 0.25) is 5.02 Å². The maximum absolute atomic E-state index is 6.29. The van der Waals surface area contributed by atoms with E-state index in [-0.39, 0.29) is 6.04 Å². The highest BCUT2D eigenvalue weighted by atomic mass is 35.5. The van der Waals surface area contributed by atoms with Crippen molar-refractivity contribution >= 4 is 29.1 Å². The topological polar surface area (TPSA) is 52.5 Å². The van der Waals surface area contributed by atoms with E-state index in [1.807, 2.05) is 77.8 Å². The van der Waals surface area contributed by atoms with Gasteiger partial charge in [0.05, 0.1) is 45.9 Å². The van der Waals surface area contributed by atoms with E-state index >= 15 is 0 Å². The Kier molecular flexibility index (Phi) is 7.28. The quantitative estimate of drug-likeness (QED) is 0.375. The molecule has 0 aliphatic carbocycles. The zero-order valence-electron chi connectivity index (χ0n) is 19.6. The maximum atomic E-state index is 6.29. The van der Waals surface area contributed by atoms with Gasteiger partial charge in [-0.2, -0.15) is 5.10 Å². The number of ether oxygens (including phenoxy) is 4. The van der Waals surface area contributed by atoms with Gasteiger partial charge >= 0.3 is 0 Å². The molecule has 0 radical (unpaired) electrons. The van der Waals surface area contributed by atoms with Gasteiger partial charge in [-0.15, -0.1) is 0 Å². The number of benzene rings is 3. The first-order valence-electron chi connectivity index (χ1n) is 10.8. The number of halogens is 1. The number of anilines is 1. The Morgan fingerprint density at radius 1 is 0.794 bits per heavy atom. The molecular formula is C27H27ClN2O4. The maximum Gasteiger partial charge on any atom is 0.161 e. The zero-order valence-corrected chi connectivity index (χ0v) is 20.4. The molecule has 0 amide bonds. The first-order chi connectivity index (χ1) is 16.6. The molecule has 0 spiro atoms. The van der Waals surface area contributed by atoms with Crippen molar-refractivity contribution in [3.8, 4) is 23.0 Å². The largest absolute Gasteiger partial charge is 0.493 e. The number of hydrazone groups is 1. The average Bonchev–Trinajstić information content (AvgIpc) is 3.31. The molecule has 7 heteroatoms. The summed E-state index contributed by atoms with van der Waals surface area (Å²) in [7, 11) is 6.52. The van der Waals surface area contributed by atoms with E-state index in [0.717, 1.165) is 22.5 Å². The van der Waals surface area contributed by atoms with Crippen molar-refractivity contribution < 1.29 is 18.9 Å². The number of rotatable bonds is 8. The standard InChI is InChI=1S/C27H27ClN2O4/c1-31-24-12-9-18(14-26(24)33-3)8-11-21-17-23(19-10-13-25(32-2)27(15-19)34-4)30(29-21)22-7-5-6-20(28)16-22/h5-16,23H,17H2,1-4H3/b11-8+. The predicted octanol–water partition coefficient (Wildman–Crippen LogP) is 6.40. The Balaban J connectivity index is 1.67. The molecule has 0 saturated carbocycles. The minimum Gasteiger partial charge on any atom is -0.493 e. The Hall–Kier alpha value is -3.64. The van der Waals surface area contributed by atoms with E-state index < -0.39 is 0 Å². The van der Waals surface area contributed by atoms with Gasteiger partial charge in [0.15, 0.2) is 23.0 Å². The summed E-state index contributed by atoms with van der Waals surface area (Å²) in [6.07, 6.45) is 4.76. The lowest BCUT2D eigenvalue weighted by Crippen LogP contribution is -2.18. The highest BCUT2D eigenvalue weighted by Crippen LogP contribution is 2.39. The Morgan fingerprint density at radius 2 is 1.47 bits per heavy atom. The zero-order chi connectivity index (χ0) is 24.1. The monoisotopic (exact) mass is 478 g/mol. The van der Waals surface area contributed by atoms with E-state index in [0.29, 0.717) is 34.4 Å². The molecule has 3 aromatic carbocycles. The number of hydrogen-bond acceptors (Lipinski definition) is 6. The normalized spacial score (nSPS) is 15.4. The molecule has 1 heterocycles. The summed E-state index contributed by atoms with van der Waals surface area (Å²) in [5, 5.41) is 7.58. The number of allylic oxidation sites excluding steroid dienone is 1. The van der Waals surface area contributed by atoms with E-state index in [9.17, 15) is 0 Å². The SMILES string of the molecule is COc1ccc(/C=C/C2=NN(c3cccc(Cl)c3)C(c3ccc(OC)c(OC)c3)C2)cc1OC. The lowest BCUT2D eigenvalue weighted by atomic mass is 10.00. The fraction of sp³-hybridized carbons (Fsp3) is 0.222. The molecule has 4 rings (SSSR count). The van der Waals surface area contributed by atoms with Crippen LogP contribution in [0.15, 0.2) is 71.8 Å². The Bertz CT molecular complexity index is 1230. The first-order valence-corrected chi connectivity index (χ1v) is 11.2. The molecule has 34 heavy (non-hydrogen) atoms. The fourth-order valence-electron chi connectivity index (χ4n) is 3.96. The fourth-order valence-corrected chi connectivity index (χ4v) is 4.14. The number of methoxy groups -OCH3 is 4. The van der Waals surface area contributed by atoms with Crippen LogP contribution in [0.25, 0.3) is 6.08 Å². The van der Waals surface area contributed by atoms with Crippen LogP contribution in [0, 0.1) is 0 Å². The van der Waals surface area contributed by atoms with Crippen LogP contribution in [-0.4, -0.2) is 34.2 Å². The third-order valence-corrected chi connectivity index (χ3v) is 5.91. The summed E-state index contributed by atoms with van der Waals surface area (Å²) in [6.45, 7) is 0. The summed E-state index contributed by atoms with van der Waals surface area (Å²) in [5.74, 6) is 2.74. The molecule has 0 aromatic heterocycles. The van der Waals surface area contributed by atoms with Gasteiger partial charge in [-0.1, -0.05) is 35.9 Å². The molecule has 0 bridgehead atoms. The lowest BCUT2D eigenvalue weighted by Gasteiger charge is -2.24. The van der Waals surface area contributed by atoms with E-state index in [1.54, 1.807) is 28.4 Å². The van der Waals surface area contributed by atoms with Gasteiger partial charge in [0.1, 0.15) is 0 Å². The molecule has 6 nitrogen and oxygen atoms in total. The van der Waals surface area contributed by atoms with Gasteiger partial charge < -0.3 is 18.9 Å². The second kappa shape index (κ2) is 10.5. The van der Waals surface area contributed by atoms with Crippen molar-refractivity contribution in [3.63, 3.8) is 0 Å². The second-order valence-electron chi connectivity index (χ2n) is 7.70. The van der Waals surface area contributed by atoms with Crippen LogP contribution in [0.3, 0.4) is 0 Å². The minimum atomic E-state index is -0.0247. The van der Waals surface area contributed by atoms with Crippen molar-refractivity contribution in [2.24, 2.45) is 5.10 Å². The third kappa shape index (κ3) is 4.97. The summed E-state index contributed by atoms with van der Waals surface area (Å²) >= 11 is 6.29. The molecule has 0 N–H and O–H groups in total. The van der Waals surface area contributed by atoms with Gasteiger partial charge in [0.2, 0.25) is 0 Å². The lowest BCUT2D eigenvalue weighted by molar-refractivity contribution is 0.354. The molecule has 1 aliphatic heterocycles. The summed E-state index contributed by atoms with van der Waals surface area (Å²) < 4.78 is 21.7. The predicted molar refractivity (Wildman–Crippen MR) is 137 cm³/mol. The minimum absolute atomic E-state index is 0.0247. The van der Waals surface area contributed by atoms with Crippen molar-refractivity contribution in [2.45, 2.75) is 12.5 Å². The van der Waals surface area contributed by atoms with Crippen molar-refractivity contribution in [3.05, 3.63) is 82.9 Å². The van der Waals surface area contributed by atoms with Crippen LogP contribution in [0.1, 0.15) is 23.6 Å². The van der Waals surface area contributed by atoms with Gasteiger partial charge in [0.25, 0.3) is 0 Å².